The van der Waals surface area contributed by atoms with E-state index in [2.05, 4.69) is 10.2 Å². The van der Waals surface area contributed by atoms with E-state index >= 15 is 0 Å². The Morgan fingerprint density at radius 1 is 1.10 bits per heavy atom. The number of benzene rings is 2. The second kappa shape index (κ2) is 8.76. The first kappa shape index (κ1) is 20.8. The van der Waals surface area contributed by atoms with Crippen molar-refractivity contribution in [2.24, 2.45) is 0 Å². The summed E-state index contributed by atoms with van der Waals surface area (Å²) >= 11 is 5.98. The highest BCUT2D eigenvalue weighted by Gasteiger charge is 2.55. The number of carbonyl (C=O) groups is 2. The largest absolute Gasteiger partial charge is 0.464 e. The van der Waals surface area contributed by atoms with Crippen molar-refractivity contribution in [1.29, 1.82) is 0 Å². The Morgan fingerprint density at radius 2 is 1.80 bits per heavy atom. The maximum Gasteiger partial charge on any atom is 0.336 e. The van der Waals surface area contributed by atoms with Crippen LogP contribution in [0.25, 0.3) is 0 Å². The van der Waals surface area contributed by atoms with Crippen molar-refractivity contribution in [3.63, 3.8) is 0 Å². The zero-order chi connectivity index (χ0) is 21.1. The topological polar surface area (TPSA) is 61.9 Å². The molecule has 1 saturated heterocycles. The van der Waals surface area contributed by atoms with Gasteiger partial charge < -0.3 is 10.1 Å². The lowest BCUT2D eigenvalue weighted by atomic mass is 9.83. The molecule has 6 nitrogen and oxygen atoms in total. The molecule has 30 heavy (non-hydrogen) atoms. The molecule has 1 atom stereocenters. The molecule has 7 heteroatoms. The minimum atomic E-state index is -1.32. The first-order valence-electron chi connectivity index (χ1n) is 10.3. The molecule has 0 saturated carbocycles. The number of anilines is 1. The van der Waals surface area contributed by atoms with Crippen LogP contribution in [0.4, 0.5) is 5.69 Å². The second-order valence-corrected chi connectivity index (χ2v) is 8.19. The van der Waals surface area contributed by atoms with Crippen molar-refractivity contribution in [2.75, 3.05) is 38.1 Å². The Bertz CT molecular complexity index is 926. The number of carbonyl (C=O) groups excluding carboxylic acids is 2. The number of hydrogen-bond acceptors (Lipinski definition) is 5. The highest BCUT2D eigenvalue weighted by Crippen LogP contribution is 2.34. The summed E-state index contributed by atoms with van der Waals surface area (Å²) in [5, 5.41) is 3.66. The van der Waals surface area contributed by atoms with E-state index in [9.17, 15) is 9.59 Å². The first-order chi connectivity index (χ1) is 14.5. The summed E-state index contributed by atoms with van der Waals surface area (Å²) in [7, 11) is 0. The van der Waals surface area contributed by atoms with Gasteiger partial charge in [-0.1, -0.05) is 41.9 Å². The fourth-order valence-corrected chi connectivity index (χ4v) is 4.44. The molecule has 4 rings (SSSR count). The van der Waals surface area contributed by atoms with Crippen LogP contribution >= 0.6 is 11.6 Å². The number of esters is 1. The fraction of sp³-hybridized carbons (Fsp3) is 0.391. The molecular formula is C23H26ClN3O3. The number of ether oxygens (including phenoxy) is 1. The maximum atomic E-state index is 13.2. The van der Waals surface area contributed by atoms with E-state index in [0.717, 1.165) is 35.9 Å². The van der Waals surface area contributed by atoms with Gasteiger partial charge in [0, 0.05) is 49.9 Å². The van der Waals surface area contributed by atoms with Gasteiger partial charge in [0.05, 0.1) is 6.61 Å². The lowest BCUT2D eigenvalue weighted by Gasteiger charge is -2.46. The summed E-state index contributed by atoms with van der Waals surface area (Å²) in [5.41, 5.74) is 1.59. The van der Waals surface area contributed by atoms with Crippen molar-refractivity contribution in [3.05, 3.63) is 64.7 Å². The maximum absolute atomic E-state index is 13.2. The smallest absolute Gasteiger partial charge is 0.336 e. The van der Waals surface area contributed by atoms with Gasteiger partial charge in [0.15, 0.2) is 0 Å². The van der Waals surface area contributed by atoms with Crippen LogP contribution in [0.2, 0.25) is 5.02 Å². The quantitative estimate of drug-likeness (QED) is 0.587. The average Bonchev–Trinajstić information content (AvgIpc) is 2.75. The van der Waals surface area contributed by atoms with E-state index in [-0.39, 0.29) is 12.5 Å². The van der Waals surface area contributed by atoms with Crippen molar-refractivity contribution in [3.8, 4) is 0 Å². The van der Waals surface area contributed by atoms with E-state index in [1.807, 2.05) is 53.4 Å². The lowest BCUT2D eigenvalue weighted by Crippen LogP contribution is -2.68. The van der Waals surface area contributed by atoms with Gasteiger partial charge in [0.2, 0.25) is 5.54 Å². The molecular weight excluding hydrogens is 402 g/mol. The minimum absolute atomic E-state index is 0.242. The molecule has 0 spiro atoms. The Labute approximate surface area is 181 Å². The predicted octanol–water partition coefficient (Wildman–Crippen LogP) is 2.95. The summed E-state index contributed by atoms with van der Waals surface area (Å²) in [6, 6.07) is 15.5. The molecule has 2 aromatic carbocycles. The molecule has 158 valence electrons. The van der Waals surface area contributed by atoms with Crippen LogP contribution in [-0.4, -0.2) is 60.0 Å². The number of halogens is 1. The van der Waals surface area contributed by atoms with Crippen LogP contribution in [-0.2, 0) is 27.3 Å². The summed E-state index contributed by atoms with van der Waals surface area (Å²) in [4.78, 5) is 30.6. The Kier molecular flexibility index (Phi) is 6.09. The molecule has 2 heterocycles. The molecule has 0 radical (unpaired) electrons. The number of rotatable bonds is 5. The van der Waals surface area contributed by atoms with Crippen LogP contribution in [0, 0.1) is 0 Å². The first-order valence-corrected chi connectivity index (χ1v) is 10.7. The summed E-state index contributed by atoms with van der Waals surface area (Å²) in [6.07, 6.45) is 0.324. The molecule has 1 unspecified atom stereocenters. The Morgan fingerprint density at radius 3 is 2.50 bits per heavy atom. The van der Waals surface area contributed by atoms with Crippen LogP contribution < -0.4 is 5.32 Å². The lowest BCUT2D eigenvalue weighted by molar-refractivity contribution is -0.164. The van der Waals surface area contributed by atoms with Gasteiger partial charge in [0.1, 0.15) is 0 Å². The van der Waals surface area contributed by atoms with Gasteiger partial charge in [-0.15, -0.1) is 0 Å². The van der Waals surface area contributed by atoms with Gasteiger partial charge in [-0.25, -0.2) is 4.79 Å². The molecule has 1 fully saturated rings. The van der Waals surface area contributed by atoms with Crippen LogP contribution in [0.15, 0.2) is 48.5 Å². The molecule has 2 aromatic rings. The zero-order valence-corrected chi connectivity index (χ0v) is 17.8. The monoisotopic (exact) mass is 427 g/mol. The van der Waals surface area contributed by atoms with E-state index in [4.69, 9.17) is 16.3 Å². The van der Waals surface area contributed by atoms with Crippen molar-refractivity contribution >= 4 is 29.2 Å². The van der Waals surface area contributed by atoms with Crippen molar-refractivity contribution in [2.45, 2.75) is 25.4 Å². The van der Waals surface area contributed by atoms with Gasteiger partial charge >= 0.3 is 5.97 Å². The van der Waals surface area contributed by atoms with E-state index in [1.54, 1.807) is 6.92 Å². The average molecular weight is 428 g/mol. The fourth-order valence-electron chi connectivity index (χ4n) is 4.31. The highest BCUT2D eigenvalue weighted by molar-refractivity contribution is 6.30. The number of para-hydroxylation sites is 1. The summed E-state index contributed by atoms with van der Waals surface area (Å²) in [5.74, 6) is -0.769. The zero-order valence-electron chi connectivity index (χ0n) is 17.1. The number of nitrogens with one attached hydrogen (secondary N) is 1. The summed E-state index contributed by atoms with van der Waals surface area (Å²) in [6.45, 7) is 5.57. The van der Waals surface area contributed by atoms with Crippen LogP contribution in [0.5, 0.6) is 0 Å². The normalized spacial score (nSPS) is 22.3. The van der Waals surface area contributed by atoms with E-state index < -0.39 is 11.5 Å². The van der Waals surface area contributed by atoms with Crippen LogP contribution in [0.3, 0.4) is 0 Å². The van der Waals surface area contributed by atoms with E-state index in [1.165, 1.54) is 5.56 Å². The van der Waals surface area contributed by atoms with Gasteiger partial charge in [-0.2, -0.15) is 0 Å². The Hall–Kier alpha value is -2.41. The number of hydrogen-bond donors (Lipinski definition) is 1. The van der Waals surface area contributed by atoms with Crippen LogP contribution in [0.1, 0.15) is 18.1 Å². The molecule has 0 aliphatic carbocycles. The van der Waals surface area contributed by atoms with Crippen molar-refractivity contribution in [1.82, 2.24) is 9.80 Å². The Balaban J connectivity index is 1.52. The third kappa shape index (κ3) is 3.95. The summed E-state index contributed by atoms with van der Waals surface area (Å²) < 4.78 is 5.39. The standard InChI is InChI=1S/C23H26ClN3O3/c1-2-30-22(29)23(15-18-5-3-4-6-20(18)25-21(23)28)27-13-11-26(12-14-27)16-17-7-9-19(24)10-8-17/h3-10H,2,11-16H2,1H3,(H,25,28). The highest BCUT2D eigenvalue weighted by atomic mass is 35.5. The third-order valence-corrected chi connectivity index (χ3v) is 6.18. The number of fused-ring (bicyclic) bond motifs is 1. The molecule has 2 aliphatic rings. The van der Waals surface area contributed by atoms with Gasteiger partial charge in [-0.3, -0.25) is 14.6 Å². The number of nitrogens with zero attached hydrogens (tertiary/aromatic N) is 2. The number of amides is 1. The van der Waals surface area contributed by atoms with E-state index in [0.29, 0.717) is 19.5 Å². The second-order valence-electron chi connectivity index (χ2n) is 7.76. The van der Waals surface area contributed by atoms with Gasteiger partial charge in [-0.05, 0) is 36.2 Å². The number of piperazine rings is 1. The molecule has 1 amide bonds. The molecule has 0 aromatic heterocycles. The molecule has 2 aliphatic heterocycles. The van der Waals surface area contributed by atoms with Crippen molar-refractivity contribution < 1.29 is 14.3 Å². The molecule has 1 N–H and O–H groups in total. The molecule has 0 bridgehead atoms. The third-order valence-electron chi connectivity index (χ3n) is 5.93. The predicted molar refractivity (Wildman–Crippen MR) is 116 cm³/mol. The SMILES string of the molecule is CCOC(=O)C1(N2CCN(Cc3ccc(Cl)cc3)CC2)Cc2ccccc2NC1=O. The minimum Gasteiger partial charge on any atom is -0.464 e. The van der Waals surface area contributed by atoms with Gasteiger partial charge in [0.25, 0.3) is 5.91 Å².